The van der Waals surface area contributed by atoms with E-state index in [-0.39, 0.29) is 0 Å². The average molecular weight is 143 g/mol. The summed E-state index contributed by atoms with van der Waals surface area (Å²) in [6.07, 6.45) is 2.45. The maximum Gasteiger partial charge on any atom is 0.0892 e. The predicted octanol–water partition coefficient (Wildman–Crippen LogP) is 2.96. The Morgan fingerprint density at radius 3 is 2.17 bits per heavy atom. The summed E-state index contributed by atoms with van der Waals surface area (Å²) in [6.45, 7) is 2.67. The van der Waals surface area contributed by atoms with Gasteiger partial charge in [-0.3, -0.25) is 0 Å². The molecule has 0 saturated carbocycles. The third-order valence-corrected chi connectivity index (χ3v) is 1.63. The molecule has 0 nitrogen and oxygen atoms in total. The summed E-state index contributed by atoms with van der Waals surface area (Å²) in [7, 11) is 0. The molecular weight excluding hydrogens is 138 g/mol. The topological polar surface area (TPSA) is 0 Å². The van der Waals surface area contributed by atoms with Gasteiger partial charge in [-0.15, -0.1) is 6.58 Å². The maximum atomic E-state index is 5.34. The monoisotopic (exact) mass is 142 g/mol. The average Bonchev–Trinajstić information content (AvgIpc) is 1.35. The van der Waals surface area contributed by atoms with Gasteiger partial charge in [0.15, 0.2) is 0 Å². The summed E-state index contributed by atoms with van der Waals surface area (Å²) in [6, 6.07) is 0. The fraction of sp³-hybridized carbons (Fsp3) is 0.333. The van der Waals surface area contributed by atoms with Gasteiger partial charge < -0.3 is 0 Å². The summed E-state index contributed by atoms with van der Waals surface area (Å²) < 4.78 is 0. The van der Waals surface area contributed by atoms with E-state index in [2.05, 4.69) is 6.58 Å². The van der Waals surface area contributed by atoms with Crippen molar-refractivity contribution in [1.29, 1.82) is 0 Å². The van der Waals surface area contributed by atoms with Crippen molar-refractivity contribution < 1.29 is 0 Å². The van der Waals surface area contributed by atoms with Gasteiger partial charge in [-0.2, -0.15) is 0 Å². The van der Waals surface area contributed by atoms with Crippen molar-refractivity contribution in [3.05, 3.63) is 12.7 Å². The zero-order chi connectivity index (χ0) is 4.99. The van der Waals surface area contributed by atoms with Crippen LogP contribution in [0.2, 0.25) is 0 Å². The fourth-order valence-electron chi connectivity index (χ4n) is 0.0976. The molecule has 0 atom stereocenters. The van der Waals surface area contributed by atoms with Crippen molar-refractivity contribution in [2.24, 2.45) is 0 Å². The molecule has 0 unspecified atom stereocenters. The predicted molar refractivity (Wildman–Crippen MR) is 33.7 cm³/mol. The first kappa shape index (κ1) is 6.75. The Balaban J connectivity index is 2.81. The molecular formula is C3H5Cl2P. The van der Waals surface area contributed by atoms with Crippen LogP contribution in [0, 0.1) is 0 Å². The third kappa shape index (κ3) is 4.75. The molecule has 0 fully saturated rings. The molecule has 36 valence electrons. The molecule has 0 aliphatic heterocycles. The molecule has 0 aliphatic rings. The Morgan fingerprint density at radius 2 is 2.17 bits per heavy atom. The standard InChI is InChI=1S/C3H5Cl2P/c1-2-3-6(4)5/h2H,1,3H2. The Labute approximate surface area is 48.5 Å². The van der Waals surface area contributed by atoms with Crippen molar-refractivity contribution in [2.75, 3.05) is 6.16 Å². The van der Waals surface area contributed by atoms with Gasteiger partial charge in [-0.1, -0.05) is 28.6 Å². The molecule has 0 aromatic rings. The summed E-state index contributed by atoms with van der Waals surface area (Å²) in [5.74, 6) is 0. The van der Waals surface area contributed by atoms with Gasteiger partial charge in [0.25, 0.3) is 0 Å². The van der Waals surface area contributed by atoms with Gasteiger partial charge in [0.1, 0.15) is 0 Å². The first-order chi connectivity index (χ1) is 2.77. The number of rotatable bonds is 2. The van der Waals surface area contributed by atoms with Crippen LogP contribution in [0.3, 0.4) is 0 Å². The van der Waals surface area contributed by atoms with Crippen LogP contribution in [0.1, 0.15) is 0 Å². The maximum absolute atomic E-state index is 5.34. The first-order valence-electron chi connectivity index (χ1n) is 1.47. The molecule has 0 amide bonds. The highest BCUT2D eigenvalue weighted by Crippen LogP contribution is 2.46. The van der Waals surface area contributed by atoms with Crippen LogP contribution in [-0.4, -0.2) is 6.16 Å². The lowest BCUT2D eigenvalue weighted by atomic mass is 10.8. The highest BCUT2D eigenvalue weighted by atomic mass is 35.9. The second-order valence-corrected chi connectivity index (χ2v) is 4.71. The lowest BCUT2D eigenvalue weighted by Gasteiger charge is -1.86. The lowest BCUT2D eigenvalue weighted by molar-refractivity contribution is 1.82. The van der Waals surface area contributed by atoms with E-state index in [0.717, 1.165) is 6.16 Å². The lowest BCUT2D eigenvalue weighted by Crippen LogP contribution is -1.56. The molecule has 0 N–H and O–H groups in total. The summed E-state index contributed by atoms with van der Waals surface area (Å²) in [4.78, 5) is 0. The van der Waals surface area contributed by atoms with E-state index >= 15 is 0 Å². The van der Waals surface area contributed by atoms with Gasteiger partial charge in [0.2, 0.25) is 0 Å². The number of hydrogen-bond donors (Lipinski definition) is 0. The molecule has 0 bridgehead atoms. The highest BCUT2D eigenvalue weighted by Gasteiger charge is 1.89. The van der Waals surface area contributed by atoms with E-state index in [1.807, 2.05) is 0 Å². The van der Waals surface area contributed by atoms with Crippen molar-refractivity contribution in [3.8, 4) is 0 Å². The summed E-state index contributed by atoms with van der Waals surface area (Å²) in [5, 5.41) is 0. The van der Waals surface area contributed by atoms with Crippen LogP contribution in [0.25, 0.3) is 0 Å². The van der Waals surface area contributed by atoms with Gasteiger partial charge in [0.05, 0.1) is 6.63 Å². The number of halogens is 2. The van der Waals surface area contributed by atoms with Gasteiger partial charge in [0, 0.05) is 6.16 Å². The Kier molecular flexibility index (Phi) is 4.41. The van der Waals surface area contributed by atoms with E-state index in [0.29, 0.717) is 0 Å². The smallest absolute Gasteiger partial charge is 0.0892 e. The van der Waals surface area contributed by atoms with E-state index < -0.39 is 6.63 Å². The Morgan fingerprint density at radius 1 is 1.67 bits per heavy atom. The van der Waals surface area contributed by atoms with Crippen molar-refractivity contribution >= 4 is 29.1 Å². The van der Waals surface area contributed by atoms with E-state index in [1.165, 1.54) is 0 Å². The van der Waals surface area contributed by atoms with Crippen LogP contribution in [0.4, 0.5) is 0 Å². The van der Waals surface area contributed by atoms with Crippen molar-refractivity contribution in [2.45, 2.75) is 0 Å². The third-order valence-electron chi connectivity index (χ3n) is 0.267. The SMILES string of the molecule is C=CCP(Cl)Cl. The Bertz CT molecular complexity index is 44.1. The van der Waals surface area contributed by atoms with Crippen molar-refractivity contribution in [1.82, 2.24) is 0 Å². The minimum absolute atomic E-state index is 0.735. The van der Waals surface area contributed by atoms with E-state index in [9.17, 15) is 0 Å². The van der Waals surface area contributed by atoms with Crippen LogP contribution in [0.5, 0.6) is 0 Å². The zero-order valence-electron chi connectivity index (χ0n) is 3.19. The number of allylic oxidation sites excluding steroid dienone is 1. The van der Waals surface area contributed by atoms with Crippen LogP contribution in [-0.2, 0) is 0 Å². The zero-order valence-corrected chi connectivity index (χ0v) is 5.60. The van der Waals surface area contributed by atoms with Gasteiger partial charge in [-0.25, -0.2) is 0 Å². The molecule has 0 heterocycles. The van der Waals surface area contributed by atoms with E-state index in [1.54, 1.807) is 6.08 Å². The highest BCUT2D eigenvalue weighted by molar-refractivity contribution is 8.04. The molecule has 0 aromatic carbocycles. The summed E-state index contributed by atoms with van der Waals surface area (Å²) >= 11 is 10.7. The molecule has 0 aliphatic carbocycles. The number of hydrogen-bond acceptors (Lipinski definition) is 0. The minimum Gasteiger partial charge on any atom is -0.103 e. The second-order valence-electron chi connectivity index (χ2n) is 0.774. The Hall–Kier alpha value is 0.750. The molecule has 0 radical (unpaired) electrons. The van der Waals surface area contributed by atoms with Crippen LogP contribution >= 0.6 is 29.1 Å². The minimum atomic E-state index is -0.774. The van der Waals surface area contributed by atoms with Gasteiger partial charge >= 0.3 is 0 Å². The fourth-order valence-corrected chi connectivity index (χ4v) is 0.878. The van der Waals surface area contributed by atoms with E-state index in [4.69, 9.17) is 22.5 Å². The second kappa shape index (κ2) is 3.92. The molecule has 0 saturated heterocycles. The quantitative estimate of drug-likeness (QED) is 0.411. The van der Waals surface area contributed by atoms with Crippen LogP contribution < -0.4 is 0 Å². The largest absolute Gasteiger partial charge is 0.103 e. The molecule has 0 spiro atoms. The molecule has 6 heavy (non-hydrogen) atoms. The van der Waals surface area contributed by atoms with Crippen LogP contribution in [0.15, 0.2) is 12.7 Å². The molecule has 0 rings (SSSR count). The first-order valence-corrected chi connectivity index (χ1v) is 4.81. The van der Waals surface area contributed by atoms with Gasteiger partial charge in [-0.05, 0) is 0 Å². The summed E-state index contributed by atoms with van der Waals surface area (Å²) in [5.41, 5.74) is 0. The normalized spacial score (nSPS) is 9.17. The van der Waals surface area contributed by atoms with Crippen molar-refractivity contribution in [3.63, 3.8) is 0 Å². The molecule has 0 aromatic heterocycles. The molecule has 3 heteroatoms.